The molecule has 2 aromatic heterocycles. The molecule has 0 saturated heterocycles. The SMILES string of the molecule is Cc1nc(CCCOc2c(C)cc(-c3noc(C(F)(F)F)n3)cc2C)cs1. The van der Waals surface area contributed by atoms with E-state index in [4.69, 9.17) is 4.74 Å². The van der Waals surface area contributed by atoms with Gasteiger partial charge in [-0.05, 0) is 56.9 Å². The fourth-order valence-electron chi connectivity index (χ4n) is 2.71. The molecule has 0 bridgehead atoms. The van der Waals surface area contributed by atoms with Crippen LogP contribution in [0.4, 0.5) is 13.2 Å². The van der Waals surface area contributed by atoms with Crippen LogP contribution in [-0.4, -0.2) is 21.7 Å². The Morgan fingerprint density at radius 2 is 1.81 bits per heavy atom. The van der Waals surface area contributed by atoms with Crippen molar-refractivity contribution in [2.45, 2.75) is 39.8 Å². The first-order valence-corrected chi connectivity index (χ1v) is 9.18. The van der Waals surface area contributed by atoms with Gasteiger partial charge in [0.05, 0.1) is 17.3 Å². The van der Waals surface area contributed by atoms with Crippen molar-refractivity contribution in [1.29, 1.82) is 0 Å². The Labute approximate surface area is 158 Å². The van der Waals surface area contributed by atoms with Crippen LogP contribution in [0.15, 0.2) is 22.0 Å². The fraction of sp³-hybridized carbons (Fsp3) is 0.389. The minimum absolute atomic E-state index is 0.0982. The maximum absolute atomic E-state index is 12.6. The van der Waals surface area contributed by atoms with Crippen molar-refractivity contribution in [3.05, 3.63) is 45.2 Å². The van der Waals surface area contributed by atoms with Crippen molar-refractivity contribution in [3.8, 4) is 17.1 Å². The molecule has 9 heteroatoms. The molecule has 0 amide bonds. The molecule has 0 fully saturated rings. The van der Waals surface area contributed by atoms with Gasteiger partial charge in [-0.25, -0.2) is 4.98 Å². The number of aryl methyl sites for hydroxylation is 4. The molecule has 0 aliphatic carbocycles. The first-order chi connectivity index (χ1) is 12.7. The van der Waals surface area contributed by atoms with Crippen LogP contribution in [0, 0.1) is 20.8 Å². The van der Waals surface area contributed by atoms with E-state index in [-0.39, 0.29) is 5.82 Å². The van der Waals surface area contributed by atoms with Gasteiger partial charge in [-0.15, -0.1) is 11.3 Å². The van der Waals surface area contributed by atoms with Crippen LogP contribution in [0.1, 0.15) is 34.1 Å². The van der Waals surface area contributed by atoms with Crippen molar-refractivity contribution in [1.82, 2.24) is 15.1 Å². The van der Waals surface area contributed by atoms with E-state index < -0.39 is 12.1 Å². The standard InChI is InChI=1S/C18H18F3N3O2S/c1-10-7-13(16-23-17(26-24-16)18(19,20)21)8-11(2)15(10)25-6-4-5-14-9-27-12(3)22-14/h7-9H,4-6H2,1-3H3. The molecule has 0 atom stereocenters. The summed E-state index contributed by atoms with van der Waals surface area (Å²) >= 11 is 1.62. The molecule has 0 aliphatic rings. The zero-order chi connectivity index (χ0) is 19.6. The van der Waals surface area contributed by atoms with Crippen molar-refractivity contribution in [3.63, 3.8) is 0 Å². The molecule has 27 heavy (non-hydrogen) atoms. The van der Waals surface area contributed by atoms with Gasteiger partial charge in [-0.1, -0.05) is 5.16 Å². The van der Waals surface area contributed by atoms with E-state index in [2.05, 4.69) is 19.6 Å². The molecular weight excluding hydrogens is 379 g/mol. The lowest BCUT2D eigenvalue weighted by molar-refractivity contribution is -0.159. The van der Waals surface area contributed by atoms with Gasteiger partial charge in [0.2, 0.25) is 5.82 Å². The van der Waals surface area contributed by atoms with Crippen molar-refractivity contribution in [2.75, 3.05) is 6.61 Å². The second-order valence-corrected chi connectivity index (χ2v) is 7.23. The van der Waals surface area contributed by atoms with E-state index in [0.717, 1.165) is 34.7 Å². The lowest BCUT2D eigenvalue weighted by Gasteiger charge is -2.13. The second-order valence-electron chi connectivity index (χ2n) is 6.17. The van der Waals surface area contributed by atoms with Crippen molar-refractivity contribution in [2.24, 2.45) is 0 Å². The number of alkyl halides is 3. The van der Waals surface area contributed by atoms with E-state index in [0.29, 0.717) is 17.9 Å². The van der Waals surface area contributed by atoms with E-state index >= 15 is 0 Å². The van der Waals surface area contributed by atoms with Crippen molar-refractivity contribution >= 4 is 11.3 Å². The minimum Gasteiger partial charge on any atom is -0.493 e. The highest BCUT2D eigenvalue weighted by atomic mass is 32.1. The number of aromatic nitrogens is 3. The maximum Gasteiger partial charge on any atom is 0.471 e. The number of ether oxygens (including phenoxy) is 1. The molecule has 144 valence electrons. The third-order valence-corrected chi connectivity index (χ3v) is 4.70. The summed E-state index contributed by atoms with van der Waals surface area (Å²) in [4.78, 5) is 7.84. The van der Waals surface area contributed by atoms with Gasteiger partial charge >= 0.3 is 12.1 Å². The normalized spacial score (nSPS) is 11.8. The first-order valence-electron chi connectivity index (χ1n) is 8.30. The van der Waals surface area contributed by atoms with Crippen LogP contribution >= 0.6 is 11.3 Å². The summed E-state index contributed by atoms with van der Waals surface area (Å²) < 4.78 is 48.0. The fourth-order valence-corrected chi connectivity index (χ4v) is 3.36. The van der Waals surface area contributed by atoms with Crippen LogP contribution in [-0.2, 0) is 12.6 Å². The summed E-state index contributed by atoms with van der Waals surface area (Å²) in [5.41, 5.74) is 3.11. The number of hydrogen-bond donors (Lipinski definition) is 0. The number of nitrogens with zero attached hydrogens (tertiary/aromatic N) is 3. The zero-order valence-corrected chi connectivity index (χ0v) is 15.9. The predicted molar refractivity (Wildman–Crippen MR) is 94.9 cm³/mol. The third-order valence-electron chi connectivity index (χ3n) is 3.88. The molecule has 0 aliphatic heterocycles. The van der Waals surface area contributed by atoms with Gasteiger partial charge in [0.25, 0.3) is 0 Å². The van der Waals surface area contributed by atoms with Gasteiger partial charge in [-0.2, -0.15) is 18.2 Å². The average Bonchev–Trinajstić information content (AvgIpc) is 3.22. The number of halogens is 3. The monoisotopic (exact) mass is 397 g/mol. The Morgan fingerprint density at radius 3 is 2.37 bits per heavy atom. The van der Waals surface area contributed by atoms with Gasteiger partial charge in [0, 0.05) is 10.9 Å². The Kier molecular flexibility index (Phi) is 5.50. The molecule has 0 unspecified atom stereocenters. The number of thiazole rings is 1. The van der Waals surface area contributed by atoms with E-state index in [1.54, 1.807) is 23.5 Å². The number of rotatable bonds is 6. The van der Waals surface area contributed by atoms with E-state index in [9.17, 15) is 13.2 Å². The van der Waals surface area contributed by atoms with Crippen LogP contribution in [0.25, 0.3) is 11.4 Å². The van der Waals surface area contributed by atoms with Gasteiger partial charge in [0.15, 0.2) is 0 Å². The van der Waals surface area contributed by atoms with Crippen molar-refractivity contribution < 1.29 is 22.4 Å². The molecular formula is C18H18F3N3O2S. The van der Waals surface area contributed by atoms with Gasteiger partial charge < -0.3 is 9.26 Å². The summed E-state index contributed by atoms with van der Waals surface area (Å²) in [5.74, 6) is -0.739. The highest BCUT2D eigenvalue weighted by molar-refractivity contribution is 7.09. The Bertz CT molecular complexity index is 911. The Balaban J connectivity index is 1.66. The lowest BCUT2D eigenvalue weighted by Crippen LogP contribution is -2.05. The summed E-state index contributed by atoms with van der Waals surface area (Å²) in [6.45, 7) is 6.17. The summed E-state index contributed by atoms with van der Waals surface area (Å²) in [6, 6.07) is 3.38. The molecule has 2 heterocycles. The van der Waals surface area contributed by atoms with Crippen LogP contribution < -0.4 is 4.74 Å². The van der Waals surface area contributed by atoms with E-state index in [1.165, 1.54) is 0 Å². The summed E-state index contributed by atoms with van der Waals surface area (Å²) in [7, 11) is 0. The molecule has 0 N–H and O–H groups in total. The lowest BCUT2D eigenvalue weighted by atomic mass is 10.1. The molecule has 3 aromatic rings. The average molecular weight is 397 g/mol. The third kappa shape index (κ3) is 4.65. The largest absolute Gasteiger partial charge is 0.493 e. The predicted octanol–water partition coefficient (Wildman–Crippen LogP) is 5.15. The molecule has 0 saturated carbocycles. The Morgan fingerprint density at radius 1 is 1.11 bits per heavy atom. The summed E-state index contributed by atoms with van der Waals surface area (Å²) in [6.07, 6.45) is -3.00. The second kappa shape index (κ2) is 7.67. The first kappa shape index (κ1) is 19.3. The molecule has 0 spiro atoms. The number of hydrogen-bond acceptors (Lipinski definition) is 6. The Hall–Kier alpha value is -2.42. The van der Waals surface area contributed by atoms with Crippen LogP contribution in [0.2, 0.25) is 0 Å². The minimum atomic E-state index is -4.66. The molecule has 1 aromatic carbocycles. The molecule has 0 radical (unpaired) electrons. The van der Waals surface area contributed by atoms with Gasteiger partial charge in [0.1, 0.15) is 5.75 Å². The topological polar surface area (TPSA) is 61.0 Å². The van der Waals surface area contributed by atoms with E-state index in [1.807, 2.05) is 26.2 Å². The van der Waals surface area contributed by atoms with Gasteiger partial charge in [-0.3, -0.25) is 0 Å². The highest BCUT2D eigenvalue weighted by Gasteiger charge is 2.38. The molecule has 5 nitrogen and oxygen atoms in total. The zero-order valence-electron chi connectivity index (χ0n) is 15.1. The maximum atomic E-state index is 12.6. The van der Waals surface area contributed by atoms with Crippen LogP contribution in [0.3, 0.4) is 0 Å². The quantitative estimate of drug-likeness (QED) is 0.539. The van der Waals surface area contributed by atoms with Crippen LogP contribution in [0.5, 0.6) is 5.75 Å². The molecule has 3 rings (SSSR count). The smallest absolute Gasteiger partial charge is 0.471 e. The number of benzene rings is 1. The highest BCUT2D eigenvalue weighted by Crippen LogP contribution is 2.32. The summed E-state index contributed by atoms with van der Waals surface area (Å²) in [5, 5.41) is 6.51.